The number of hydrogen-bond donors (Lipinski definition) is 1. The smallest absolute Gasteiger partial charge is 0.161 e. The fourth-order valence-electron chi connectivity index (χ4n) is 1.89. The zero-order chi connectivity index (χ0) is 14.7. The first-order valence-corrected chi connectivity index (χ1v) is 6.83. The van der Waals surface area contributed by atoms with Crippen molar-refractivity contribution < 1.29 is 9.47 Å². The molecule has 0 aliphatic rings. The average Bonchev–Trinajstić information content (AvgIpc) is 2.44. The first-order chi connectivity index (χ1) is 9.55. The molecule has 0 bridgehead atoms. The number of benzene rings is 1. The van der Waals surface area contributed by atoms with E-state index in [2.05, 4.69) is 25.9 Å². The Labute approximate surface area is 126 Å². The summed E-state index contributed by atoms with van der Waals surface area (Å²) >= 11 is 3.35. The fraction of sp³-hybridized carbons (Fsp3) is 0.286. The van der Waals surface area contributed by atoms with Crippen LogP contribution in [0.25, 0.3) is 0 Å². The molecule has 0 fully saturated rings. The zero-order valence-corrected chi connectivity index (χ0v) is 13.2. The number of methoxy groups -OCH3 is 2. The van der Waals surface area contributed by atoms with E-state index in [9.17, 15) is 0 Å². The first-order valence-electron chi connectivity index (χ1n) is 6.04. The molecule has 1 heterocycles. The van der Waals surface area contributed by atoms with E-state index in [0.717, 1.165) is 15.7 Å². The zero-order valence-electron chi connectivity index (χ0n) is 11.6. The van der Waals surface area contributed by atoms with Crippen LogP contribution in [0.1, 0.15) is 17.1 Å². The van der Waals surface area contributed by atoms with E-state index < -0.39 is 0 Å². The van der Waals surface area contributed by atoms with Gasteiger partial charge in [0.15, 0.2) is 11.5 Å². The molecule has 0 saturated heterocycles. The molecule has 0 aliphatic heterocycles. The molecule has 0 amide bonds. The van der Waals surface area contributed by atoms with Crippen molar-refractivity contribution in [1.29, 1.82) is 0 Å². The topological polar surface area (TPSA) is 70.3 Å². The predicted octanol–water partition coefficient (Wildman–Crippen LogP) is 2.74. The summed E-state index contributed by atoms with van der Waals surface area (Å²) in [5, 5.41) is 0. The van der Waals surface area contributed by atoms with Crippen LogP contribution in [0, 0.1) is 6.92 Å². The summed E-state index contributed by atoms with van der Waals surface area (Å²) in [4.78, 5) is 8.69. The van der Waals surface area contributed by atoms with E-state index in [0.29, 0.717) is 29.6 Å². The van der Waals surface area contributed by atoms with Gasteiger partial charge in [-0.15, -0.1) is 0 Å². The molecule has 0 unspecified atom stereocenters. The quantitative estimate of drug-likeness (QED) is 0.928. The van der Waals surface area contributed by atoms with Crippen LogP contribution in [0.3, 0.4) is 0 Å². The lowest BCUT2D eigenvalue weighted by atomic mass is 10.1. The largest absolute Gasteiger partial charge is 0.493 e. The monoisotopic (exact) mass is 337 g/mol. The van der Waals surface area contributed by atoms with Crippen molar-refractivity contribution in [3.8, 4) is 11.5 Å². The van der Waals surface area contributed by atoms with Crippen molar-refractivity contribution in [3.63, 3.8) is 0 Å². The van der Waals surface area contributed by atoms with Crippen LogP contribution in [0.15, 0.2) is 22.7 Å². The highest BCUT2D eigenvalue weighted by Gasteiger charge is 2.09. The Morgan fingerprint density at radius 2 is 1.85 bits per heavy atom. The highest BCUT2D eigenvalue weighted by molar-refractivity contribution is 9.10. The van der Waals surface area contributed by atoms with E-state index in [4.69, 9.17) is 15.2 Å². The van der Waals surface area contributed by atoms with E-state index >= 15 is 0 Å². The Balaban J connectivity index is 2.30. The van der Waals surface area contributed by atoms with Crippen molar-refractivity contribution in [3.05, 3.63) is 39.8 Å². The van der Waals surface area contributed by atoms with Crippen molar-refractivity contribution in [2.24, 2.45) is 0 Å². The normalized spacial score (nSPS) is 10.4. The maximum Gasteiger partial charge on any atom is 0.161 e. The number of aryl methyl sites for hydroxylation is 1. The lowest BCUT2D eigenvalue weighted by Crippen LogP contribution is -2.04. The summed E-state index contributed by atoms with van der Waals surface area (Å²) in [5.74, 6) is 2.51. The van der Waals surface area contributed by atoms with Gasteiger partial charge in [-0.25, -0.2) is 9.97 Å². The molecular weight excluding hydrogens is 322 g/mol. The maximum atomic E-state index is 5.83. The first kappa shape index (κ1) is 14.6. The minimum atomic E-state index is 0.452. The number of nitrogens with zero attached hydrogens (tertiary/aromatic N) is 2. The standard InChI is InChI=1S/C14H16BrN3O2/c1-8-13(15)14(16)18-12(17-8)7-9-4-5-10(19-2)11(6-9)20-3/h4-6H,7H2,1-3H3,(H2,16,17,18). The number of nitrogens with two attached hydrogens (primary N) is 1. The predicted molar refractivity (Wildman–Crippen MR) is 81.2 cm³/mol. The van der Waals surface area contributed by atoms with Crippen LogP contribution in [0.5, 0.6) is 11.5 Å². The summed E-state index contributed by atoms with van der Waals surface area (Å²) in [7, 11) is 3.22. The Hall–Kier alpha value is -1.82. The molecule has 0 aliphatic carbocycles. The van der Waals surface area contributed by atoms with Crippen LogP contribution < -0.4 is 15.2 Å². The summed E-state index contributed by atoms with van der Waals surface area (Å²) in [6.45, 7) is 1.89. The van der Waals surface area contributed by atoms with Crippen LogP contribution in [-0.4, -0.2) is 24.2 Å². The molecule has 106 valence electrons. The van der Waals surface area contributed by atoms with Gasteiger partial charge in [-0.1, -0.05) is 6.07 Å². The number of ether oxygens (including phenoxy) is 2. The summed E-state index contributed by atoms with van der Waals surface area (Å²) < 4.78 is 11.2. The Morgan fingerprint density at radius 3 is 2.45 bits per heavy atom. The Kier molecular flexibility index (Phi) is 4.44. The lowest BCUT2D eigenvalue weighted by Gasteiger charge is -2.10. The van der Waals surface area contributed by atoms with Gasteiger partial charge >= 0.3 is 0 Å². The highest BCUT2D eigenvalue weighted by Crippen LogP contribution is 2.28. The average molecular weight is 338 g/mol. The van der Waals surface area contributed by atoms with Crippen LogP contribution in [0.4, 0.5) is 5.82 Å². The summed E-state index contributed by atoms with van der Waals surface area (Å²) in [6.07, 6.45) is 0.582. The third-order valence-electron chi connectivity index (χ3n) is 2.90. The number of rotatable bonds is 4. The number of aromatic nitrogens is 2. The van der Waals surface area contributed by atoms with Gasteiger partial charge in [0.2, 0.25) is 0 Å². The van der Waals surface area contributed by atoms with Gasteiger partial charge in [-0.05, 0) is 40.5 Å². The molecule has 0 atom stereocenters. The second kappa shape index (κ2) is 6.09. The van der Waals surface area contributed by atoms with Gasteiger partial charge in [0, 0.05) is 6.42 Å². The summed E-state index contributed by atoms with van der Waals surface area (Å²) in [5.41, 5.74) is 7.69. The van der Waals surface area contributed by atoms with Crippen molar-refractivity contribution in [2.75, 3.05) is 20.0 Å². The molecule has 0 spiro atoms. The SMILES string of the molecule is COc1ccc(Cc2nc(C)c(Br)c(N)n2)cc1OC. The number of nitrogen functional groups attached to an aromatic ring is 1. The van der Waals surface area contributed by atoms with E-state index in [1.165, 1.54) is 0 Å². The maximum absolute atomic E-state index is 5.83. The van der Waals surface area contributed by atoms with Crippen LogP contribution in [-0.2, 0) is 6.42 Å². The second-order valence-corrected chi connectivity index (χ2v) is 5.08. The summed E-state index contributed by atoms with van der Waals surface area (Å²) in [6, 6.07) is 5.73. The third kappa shape index (κ3) is 3.01. The molecule has 1 aromatic carbocycles. The molecule has 5 nitrogen and oxygen atoms in total. The van der Waals surface area contributed by atoms with E-state index in [1.54, 1.807) is 14.2 Å². The Morgan fingerprint density at radius 1 is 1.15 bits per heavy atom. The minimum absolute atomic E-state index is 0.452. The van der Waals surface area contributed by atoms with E-state index in [-0.39, 0.29) is 0 Å². The van der Waals surface area contributed by atoms with Gasteiger partial charge in [0.1, 0.15) is 11.6 Å². The lowest BCUT2D eigenvalue weighted by molar-refractivity contribution is 0.354. The number of halogens is 1. The third-order valence-corrected chi connectivity index (χ3v) is 3.88. The molecule has 2 rings (SSSR count). The van der Waals surface area contributed by atoms with Gasteiger partial charge in [0.05, 0.1) is 24.4 Å². The molecule has 0 radical (unpaired) electrons. The van der Waals surface area contributed by atoms with Crippen LogP contribution in [0.2, 0.25) is 0 Å². The highest BCUT2D eigenvalue weighted by atomic mass is 79.9. The van der Waals surface area contributed by atoms with E-state index in [1.807, 2.05) is 25.1 Å². The fourth-order valence-corrected chi connectivity index (χ4v) is 2.07. The molecule has 1 aromatic heterocycles. The minimum Gasteiger partial charge on any atom is -0.493 e. The number of hydrogen-bond acceptors (Lipinski definition) is 5. The van der Waals surface area contributed by atoms with Crippen molar-refractivity contribution >= 4 is 21.7 Å². The molecule has 20 heavy (non-hydrogen) atoms. The Bertz CT molecular complexity index is 609. The van der Waals surface area contributed by atoms with Crippen molar-refractivity contribution in [2.45, 2.75) is 13.3 Å². The van der Waals surface area contributed by atoms with Gasteiger partial charge in [0.25, 0.3) is 0 Å². The molecule has 0 saturated carbocycles. The molecule has 6 heteroatoms. The molecule has 2 aromatic rings. The second-order valence-electron chi connectivity index (χ2n) is 4.29. The van der Waals surface area contributed by atoms with Crippen LogP contribution >= 0.6 is 15.9 Å². The molecular formula is C14H16BrN3O2. The number of anilines is 1. The van der Waals surface area contributed by atoms with Gasteiger partial charge in [-0.3, -0.25) is 0 Å². The van der Waals surface area contributed by atoms with Crippen molar-refractivity contribution in [1.82, 2.24) is 9.97 Å². The van der Waals surface area contributed by atoms with Gasteiger partial charge in [-0.2, -0.15) is 0 Å². The van der Waals surface area contributed by atoms with Gasteiger partial charge < -0.3 is 15.2 Å². The molecule has 2 N–H and O–H groups in total.